The van der Waals surface area contributed by atoms with Crippen molar-refractivity contribution in [2.45, 2.75) is 18.8 Å². The van der Waals surface area contributed by atoms with Gasteiger partial charge >= 0.3 is 0 Å². The van der Waals surface area contributed by atoms with E-state index < -0.39 is 11.8 Å². The van der Waals surface area contributed by atoms with Gasteiger partial charge in [0.15, 0.2) is 0 Å². The fraction of sp³-hybridized carbons (Fsp3) is 0.455. The Balaban J connectivity index is 3.23. The van der Waals surface area contributed by atoms with Crippen LogP contribution in [0.15, 0.2) is 24.3 Å². The molecule has 0 radical (unpaired) electrons. The second-order valence-electron chi connectivity index (χ2n) is 3.62. The summed E-state index contributed by atoms with van der Waals surface area (Å²) in [4.78, 5) is 0. The molecule has 0 bridgehead atoms. The zero-order valence-electron chi connectivity index (χ0n) is 8.84. The van der Waals surface area contributed by atoms with Crippen molar-refractivity contribution in [3.63, 3.8) is 0 Å². The quantitative estimate of drug-likeness (QED) is 0.835. The molecule has 1 unspecified atom stereocenters. The molecule has 0 fully saturated rings. The standard InChI is InChI=1S/C11H15F2NO/c1-11(7-14,10(12)13)8-5-3-4-6-9(8)15-2/h3-6,10H,7,14H2,1-2H3. The zero-order chi connectivity index (χ0) is 11.5. The van der Waals surface area contributed by atoms with Crippen molar-refractivity contribution in [2.24, 2.45) is 5.73 Å². The van der Waals surface area contributed by atoms with Gasteiger partial charge < -0.3 is 10.5 Å². The Morgan fingerprint density at radius 2 is 2.00 bits per heavy atom. The maximum atomic E-state index is 13.0. The number of ether oxygens (including phenoxy) is 1. The fourth-order valence-electron chi connectivity index (χ4n) is 1.43. The summed E-state index contributed by atoms with van der Waals surface area (Å²) in [6, 6.07) is 6.72. The van der Waals surface area contributed by atoms with E-state index in [0.717, 1.165) is 0 Å². The van der Waals surface area contributed by atoms with Gasteiger partial charge in [-0.15, -0.1) is 0 Å². The first-order valence-corrected chi connectivity index (χ1v) is 4.68. The Labute approximate surface area is 88.0 Å². The lowest BCUT2D eigenvalue weighted by Crippen LogP contribution is -2.39. The third kappa shape index (κ3) is 2.09. The molecule has 0 spiro atoms. The molecule has 1 aromatic rings. The van der Waals surface area contributed by atoms with E-state index in [1.54, 1.807) is 24.3 Å². The Bertz CT molecular complexity index is 330. The number of para-hydroxylation sites is 1. The summed E-state index contributed by atoms with van der Waals surface area (Å²) < 4.78 is 31.0. The molecule has 1 aromatic carbocycles. The van der Waals surface area contributed by atoms with Crippen molar-refractivity contribution in [1.29, 1.82) is 0 Å². The molecule has 1 rings (SSSR count). The second-order valence-corrected chi connectivity index (χ2v) is 3.62. The first-order chi connectivity index (χ1) is 7.06. The van der Waals surface area contributed by atoms with Gasteiger partial charge in [-0.25, -0.2) is 8.78 Å². The summed E-state index contributed by atoms with van der Waals surface area (Å²) in [5, 5.41) is 0. The number of halogens is 2. The maximum Gasteiger partial charge on any atom is 0.249 e. The third-order valence-corrected chi connectivity index (χ3v) is 2.63. The van der Waals surface area contributed by atoms with E-state index in [1.165, 1.54) is 14.0 Å². The van der Waals surface area contributed by atoms with Gasteiger partial charge in [0.25, 0.3) is 0 Å². The van der Waals surface area contributed by atoms with Gasteiger partial charge in [0.1, 0.15) is 5.75 Å². The summed E-state index contributed by atoms with van der Waals surface area (Å²) in [7, 11) is 1.46. The molecule has 15 heavy (non-hydrogen) atoms. The summed E-state index contributed by atoms with van der Waals surface area (Å²) >= 11 is 0. The number of nitrogens with two attached hydrogens (primary N) is 1. The van der Waals surface area contributed by atoms with Crippen LogP contribution in [-0.4, -0.2) is 20.1 Å². The lowest BCUT2D eigenvalue weighted by molar-refractivity contribution is 0.0623. The highest BCUT2D eigenvalue weighted by atomic mass is 19.3. The third-order valence-electron chi connectivity index (χ3n) is 2.63. The molecule has 0 aliphatic rings. The van der Waals surface area contributed by atoms with Gasteiger partial charge in [-0.05, 0) is 13.0 Å². The van der Waals surface area contributed by atoms with Crippen LogP contribution >= 0.6 is 0 Å². The number of benzene rings is 1. The molecule has 0 aromatic heterocycles. The monoisotopic (exact) mass is 215 g/mol. The Kier molecular flexibility index (Phi) is 3.63. The smallest absolute Gasteiger partial charge is 0.249 e. The van der Waals surface area contributed by atoms with Gasteiger partial charge in [0.2, 0.25) is 6.43 Å². The van der Waals surface area contributed by atoms with Crippen LogP contribution in [0.3, 0.4) is 0 Å². The van der Waals surface area contributed by atoms with Crippen LogP contribution in [0.5, 0.6) is 5.75 Å². The van der Waals surface area contributed by atoms with Crippen molar-refractivity contribution in [2.75, 3.05) is 13.7 Å². The average Bonchev–Trinajstić information content (AvgIpc) is 2.27. The molecule has 2 N–H and O–H groups in total. The largest absolute Gasteiger partial charge is 0.496 e. The van der Waals surface area contributed by atoms with Gasteiger partial charge in [-0.3, -0.25) is 0 Å². The number of methoxy groups -OCH3 is 1. The number of rotatable bonds is 4. The molecule has 0 saturated carbocycles. The summed E-state index contributed by atoms with van der Waals surface area (Å²) in [6.07, 6.45) is -2.52. The highest BCUT2D eigenvalue weighted by Gasteiger charge is 2.37. The summed E-state index contributed by atoms with van der Waals surface area (Å²) in [6.45, 7) is 1.32. The molecule has 0 amide bonds. The molecule has 1 atom stereocenters. The van der Waals surface area contributed by atoms with E-state index >= 15 is 0 Å². The Hall–Kier alpha value is -1.16. The molecule has 0 saturated heterocycles. The SMILES string of the molecule is COc1ccccc1C(C)(CN)C(F)F. The van der Waals surface area contributed by atoms with E-state index in [1.807, 2.05) is 0 Å². The lowest BCUT2D eigenvalue weighted by Gasteiger charge is -2.28. The maximum absolute atomic E-state index is 13.0. The van der Waals surface area contributed by atoms with E-state index in [0.29, 0.717) is 11.3 Å². The van der Waals surface area contributed by atoms with E-state index in [-0.39, 0.29) is 6.54 Å². The normalized spacial score (nSPS) is 15.1. The predicted octanol–water partition coefficient (Wildman–Crippen LogP) is 2.18. The number of hydrogen-bond donors (Lipinski definition) is 1. The first kappa shape index (κ1) is 11.9. The van der Waals surface area contributed by atoms with Gasteiger partial charge in [0, 0.05) is 12.1 Å². The molecule has 0 heterocycles. The average molecular weight is 215 g/mol. The van der Waals surface area contributed by atoms with Crippen LogP contribution in [0.25, 0.3) is 0 Å². The molecule has 2 nitrogen and oxygen atoms in total. The van der Waals surface area contributed by atoms with Gasteiger partial charge in [-0.1, -0.05) is 18.2 Å². The van der Waals surface area contributed by atoms with Crippen molar-refractivity contribution < 1.29 is 13.5 Å². The number of alkyl halides is 2. The van der Waals surface area contributed by atoms with Crippen molar-refractivity contribution in [3.05, 3.63) is 29.8 Å². The van der Waals surface area contributed by atoms with Crippen molar-refractivity contribution >= 4 is 0 Å². The zero-order valence-corrected chi connectivity index (χ0v) is 8.84. The molecule has 0 aliphatic carbocycles. The first-order valence-electron chi connectivity index (χ1n) is 4.68. The molecule has 84 valence electrons. The van der Waals surface area contributed by atoms with E-state index in [2.05, 4.69) is 0 Å². The van der Waals surface area contributed by atoms with Gasteiger partial charge in [0.05, 0.1) is 12.5 Å². The molecular weight excluding hydrogens is 200 g/mol. The number of hydrogen-bond acceptors (Lipinski definition) is 2. The van der Waals surface area contributed by atoms with Crippen LogP contribution in [0.4, 0.5) is 8.78 Å². The fourth-order valence-corrected chi connectivity index (χ4v) is 1.43. The topological polar surface area (TPSA) is 35.2 Å². The van der Waals surface area contributed by atoms with Crippen LogP contribution < -0.4 is 10.5 Å². The van der Waals surface area contributed by atoms with Gasteiger partial charge in [-0.2, -0.15) is 0 Å². The molecule has 0 aliphatic heterocycles. The highest BCUT2D eigenvalue weighted by Crippen LogP contribution is 2.35. The lowest BCUT2D eigenvalue weighted by atomic mass is 9.82. The van der Waals surface area contributed by atoms with E-state index in [9.17, 15) is 8.78 Å². The summed E-state index contributed by atoms with van der Waals surface area (Å²) in [5.41, 5.74) is 4.52. The van der Waals surface area contributed by atoms with Crippen LogP contribution in [-0.2, 0) is 5.41 Å². The Morgan fingerprint density at radius 1 is 1.40 bits per heavy atom. The molecule has 4 heteroatoms. The van der Waals surface area contributed by atoms with Crippen LogP contribution in [0.1, 0.15) is 12.5 Å². The predicted molar refractivity (Wildman–Crippen MR) is 55.4 cm³/mol. The van der Waals surface area contributed by atoms with Crippen molar-refractivity contribution in [3.8, 4) is 5.75 Å². The second kappa shape index (κ2) is 4.57. The Morgan fingerprint density at radius 3 is 2.47 bits per heavy atom. The van der Waals surface area contributed by atoms with Crippen molar-refractivity contribution in [1.82, 2.24) is 0 Å². The minimum Gasteiger partial charge on any atom is -0.496 e. The van der Waals surface area contributed by atoms with Crippen LogP contribution in [0.2, 0.25) is 0 Å². The summed E-state index contributed by atoms with van der Waals surface area (Å²) in [5.74, 6) is 0.450. The van der Waals surface area contributed by atoms with E-state index in [4.69, 9.17) is 10.5 Å². The van der Waals surface area contributed by atoms with Crippen LogP contribution in [0, 0.1) is 0 Å². The highest BCUT2D eigenvalue weighted by molar-refractivity contribution is 5.40. The minimum atomic E-state index is -2.52. The molecular formula is C11H15F2NO. The minimum absolute atomic E-state index is 0.120.